The molecule has 1 atom stereocenters. The van der Waals surface area contributed by atoms with Gasteiger partial charge in [0.05, 0.1) is 13.3 Å². The number of methoxy groups -OCH3 is 1. The van der Waals surface area contributed by atoms with Crippen LogP contribution in [0.25, 0.3) is 0 Å². The summed E-state index contributed by atoms with van der Waals surface area (Å²) in [6.07, 6.45) is 4.64. The van der Waals surface area contributed by atoms with Gasteiger partial charge in [0.25, 0.3) is 0 Å². The molecule has 1 aliphatic carbocycles. The fraction of sp³-hybridized carbons (Fsp3) is 0.846. The molecule has 7 heteroatoms. The summed E-state index contributed by atoms with van der Waals surface area (Å²) >= 11 is 5.53. The van der Waals surface area contributed by atoms with Gasteiger partial charge in [-0.1, -0.05) is 0 Å². The Kier molecular flexibility index (Phi) is 4.21. The van der Waals surface area contributed by atoms with Gasteiger partial charge >= 0.3 is 0 Å². The predicted molar refractivity (Wildman–Crippen MR) is 76.8 cm³/mol. The highest BCUT2D eigenvalue weighted by molar-refractivity contribution is 7.71. The summed E-state index contributed by atoms with van der Waals surface area (Å²) in [4.78, 5) is 2.37. The second-order valence-corrected chi connectivity index (χ2v) is 6.03. The molecule has 1 aliphatic heterocycles. The Morgan fingerprint density at radius 2 is 2.20 bits per heavy atom. The topological polar surface area (TPSA) is 55.4 Å². The van der Waals surface area contributed by atoms with E-state index in [0.717, 1.165) is 37.2 Å². The maximum absolute atomic E-state index is 9.45. The molecule has 1 aromatic heterocycles. The number of nitrogens with zero attached hydrogens (tertiary/aromatic N) is 4. The van der Waals surface area contributed by atoms with Crippen LogP contribution in [0.4, 0.5) is 0 Å². The SMILES string of the molecule is COCC1CCCN1Cn1nc(CO)n(C2CC2)c1=S. The Morgan fingerprint density at radius 1 is 1.40 bits per heavy atom. The summed E-state index contributed by atoms with van der Waals surface area (Å²) in [7, 11) is 1.74. The van der Waals surface area contributed by atoms with Crippen LogP contribution in [0.5, 0.6) is 0 Å². The van der Waals surface area contributed by atoms with Crippen molar-refractivity contribution in [3.8, 4) is 0 Å². The average molecular weight is 298 g/mol. The van der Waals surface area contributed by atoms with E-state index in [1.807, 2.05) is 9.25 Å². The fourth-order valence-electron chi connectivity index (χ4n) is 3.00. The predicted octanol–water partition coefficient (Wildman–Crippen LogP) is 1.31. The van der Waals surface area contributed by atoms with E-state index in [-0.39, 0.29) is 6.61 Å². The smallest absolute Gasteiger partial charge is 0.199 e. The van der Waals surface area contributed by atoms with Crippen LogP contribution in [0.2, 0.25) is 0 Å². The second kappa shape index (κ2) is 5.93. The van der Waals surface area contributed by atoms with Gasteiger partial charge in [0.1, 0.15) is 6.61 Å². The molecule has 0 radical (unpaired) electrons. The van der Waals surface area contributed by atoms with Crippen LogP contribution in [0.15, 0.2) is 0 Å². The second-order valence-electron chi connectivity index (χ2n) is 5.66. The molecule has 1 saturated carbocycles. The van der Waals surface area contributed by atoms with Gasteiger partial charge < -0.3 is 9.84 Å². The van der Waals surface area contributed by atoms with Crippen LogP contribution in [0.3, 0.4) is 0 Å². The summed E-state index contributed by atoms with van der Waals surface area (Å²) in [6.45, 7) is 2.46. The van der Waals surface area contributed by atoms with Crippen molar-refractivity contribution in [2.75, 3.05) is 20.3 Å². The van der Waals surface area contributed by atoms with E-state index in [9.17, 15) is 5.11 Å². The number of hydrogen-bond acceptors (Lipinski definition) is 5. The first kappa shape index (κ1) is 14.2. The van der Waals surface area contributed by atoms with E-state index in [2.05, 4.69) is 10.00 Å². The first-order chi connectivity index (χ1) is 9.74. The van der Waals surface area contributed by atoms with E-state index >= 15 is 0 Å². The zero-order valence-corrected chi connectivity index (χ0v) is 12.7. The minimum absolute atomic E-state index is 0.0470. The molecule has 1 unspecified atom stereocenters. The van der Waals surface area contributed by atoms with Crippen molar-refractivity contribution in [2.45, 2.75) is 51.0 Å². The van der Waals surface area contributed by atoms with Crippen molar-refractivity contribution in [3.63, 3.8) is 0 Å². The molecular weight excluding hydrogens is 276 g/mol. The molecule has 20 heavy (non-hydrogen) atoms. The van der Waals surface area contributed by atoms with E-state index in [0.29, 0.717) is 24.6 Å². The van der Waals surface area contributed by atoms with Crippen molar-refractivity contribution in [1.29, 1.82) is 0 Å². The van der Waals surface area contributed by atoms with Crippen molar-refractivity contribution in [2.24, 2.45) is 0 Å². The maximum Gasteiger partial charge on any atom is 0.199 e. The number of likely N-dealkylation sites (tertiary alicyclic amines) is 1. The Labute approximate surface area is 123 Å². The van der Waals surface area contributed by atoms with Gasteiger partial charge in [0, 0.05) is 25.7 Å². The van der Waals surface area contributed by atoms with Gasteiger partial charge in [-0.05, 0) is 37.9 Å². The van der Waals surface area contributed by atoms with Crippen molar-refractivity contribution >= 4 is 12.2 Å². The van der Waals surface area contributed by atoms with E-state index in [1.165, 1.54) is 6.42 Å². The van der Waals surface area contributed by atoms with Gasteiger partial charge in [-0.15, -0.1) is 0 Å². The Bertz CT molecular complexity index is 523. The largest absolute Gasteiger partial charge is 0.388 e. The highest BCUT2D eigenvalue weighted by Gasteiger charge is 2.30. The lowest BCUT2D eigenvalue weighted by Crippen LogP contribution is -2.35. The van der Waals surface area contributed by atoms with Crippen LogP contribution in [0.1, 0.15) is 37.5 Å². The third kappa shape index (κ3) is 2.67. The molecule has 6 nitrogen and oxygen atoms in total. The summed E-state index contributed by atoms with van der Waals surface area (Å²) < 4.78 is 9.89. The molecule has 2 heterocycles. The van der Waals surface area contributed by atoms with E-state index in [4.69, 9.17) is 17.0 Å². The maximum atomic E-state index is 9.45. The Morgan fingerprint density at radius 3 is 2.85 bits per heavy atom. The zero-order valence-electron chi connectivity index (χ0n) is 11.9. The molecule has 3 rings (SSSR count). The van der Waals surface area contributed by atoms with Crippen molar-refractivity contribution in [1.82, 2.24) is 19.2 Å². The third-order valence-electron chi connectivity index (χ3n) is 4.17. The monoisotopic (exact) mass is 298 g/mol. The molecule has 2 fully saturated rings. The minimum Gasteiger partial charge on any atom is -0.388 e. The van der Waals surface area contributed by atoms with E-state index in [1.54, 1.807) is 7.11 Å². The number of aromatic nitrogens is 3. The Hall–Kier alpha value is -0.760. The summed E-state index contributed by atoms with van der Waals surface area (Å²) in [5.74, 6) is 0.694. The summed E-state index contributed by atoms with van der Waals surface area (Å²) in [5.41, 5.74) is 0. The van der Waals surface area contributed by atoms with Gasteiger partial charge in [-0.25, -0.2) is 4.68 Å². The summed E-state index contributed by atoms with van der Waals surface area (Å²) in [6, 6.07) is 0.900. The lowest BCUT2D eigenvalue weighted by molar-refractivity contribution is 0.0936. The highest BCUT2D eigenvalue weighted by atomic mass is 32.1. The van der Waals surface area contributed by atoms with Crippen LogP contribution >= 0.6 is 12.2 Å². The molecule has 1 N–H and O–H groups in total. The van der Waals surface area contributed by atoms with Crippen LogP contribution < -0.4 is 0 Å². The molecular formula is C13H22N4O2S. The normalized spacial score (nSPS) is 23.6. The average Bonchev–Trinajstić information content (AvgIpc) is 3.11. The lowest BCUT2D eigenvalue weighted by Gasteiger charge is -2.23. The van der Waals surface area contributed by atoms with Crippen LogP contribution in [0, 0.1) is 4.77 Å². The number of aliphatic hydroxyl groups is 1. The molecule has 0 spiro atoms. The van der Waals surface area contributed by atoms with E-state index < -0.39 is 0 Å². The standard InChI is InChI=1S/C13H22N4O2S/c1-19-8-11-3-2-6-15(11)9-16-13(20)17(10-4-5-10)12(7-18)14-16/h10-11,18H,2-9H2,1H3. The molecule has 2 aliphatic rings. The van der Waals surface area contributed by atoms with Crippen molar-refractivity contribution in [3.05, 3.63) is 10.6 Å². The number of hydrogen-bond donors (Lipinski definition) is 1. The van der Waals surface area contributed by atoms with Gasteiger partial charge in [-0.2, -0.15) is 5.10 Å². The summed E-state index contributed by atoms with van der Waals surface area (Å²) in [5, 5.41) is 13.9. The van der Waals surface area contributed by atoms with Gasteiger partial charge in [-0.3, -0.25) is 9.47 Å². The first-order valence-electron chi connectivity index (χ1n) is 7.26. The van der Waals surface area contributed by atoms with Crippen LogP contribution in [-0.4, -0.2) is 50.7 Å². The first-order valence-corrected chi connectivity index (χ1v) is 7.67. The molecule has 0 amide bonds. The minimum atomic E-state index is -0.0470. The van der Waals surface area contributed by atoms with Gasteiger partial charge in [0.15, 0.2) is 10.6 Å². The van der Waals surface area contributed by atoms with Crippen LogP contribution in [-0.2, 0) is 18.0 Å². The lowest BCUT2D eigenvalue weighted by atomic mass is 10.2. The zero-order chi connectivity index (χ0) is 14.1. The fourth-order valence-corrected chi connectivity index (χ4v) is 3.35. The number of aliphatic hydroxyl groups excluding tert-OH is 1. The molecule has 112 valence electrons. The molecule has 0 bridgehead atoms. The quantitative estimate of drug-likeness (QED) is 0.803. The van der Waals surface area contributed by atoms with Gasteiger partial charge in [0.2, 0.25) is 0 Å². The highest BCUT2D eigenvalue weighted by Crippen LogP contribution is 2.36. The molecule has 1 saturated heterocycles. The number of rotatable bonds is 6. The molecule has 1 aromatic rings. The Balaban J connectivity index is 1.78. The van der Waals surface area contributed by atoms with Crippen molar-refractivity contribution < 1.29 is 9.84 Å². The molecule has 0 aromatic carbocycles. The number of ether oxygens (including phenoxy) is 1. The third-order valence-corrected chi connectivity index (χ3v) is 4.58.